The molecule has 5 aromatic carbocycles. The van der Waals surface area contributed by atoms with E-state index < -0.39 is 0 Å². The zero-order valence-electron chi connectivity index (χ0n) is 18.6. The minimum atomic E-state index is -0.0955. The van der Waals surface area contributed by atoms with E-state index in [1.54, 1.807) is 0 Å². The maximum absolute atomic E-state index is 6.12. The molecule has 2 nitrogen and oxygen atoms in total. The lowest BCUT2D eigenvalue weighted by atomic mass is 9.81. The van der Waals surface area contributed by atoms with Gasteiger partial charge in [0.1, 0.15) is 11.2 Å². The topological polar surface area (TPSA) is 25.2 Å². The van der Waals surface area contributed by atoms with Gasteiger partial charge in [0.15, 0.2) is 0 Å². The molecule has 1 N–H and O–H groups in total. The van der Waals surface area contributed by atoms with Crippen LogP contribution < -0.4 is 5.32 Å². The van der Waals surface area contributed by atoms with Crippen LogP contribution >= 0.6 is 0 Å². The third-order valence-corrected chi connectivity index (χ3v) is 7.22. The second kappa shape index (κ2) is 6.49. The van der Waals surface area contributed by atoms with Crippen LogP contribution in [0.4, 0.5) is 11.4 Å². The van der Waals surface area contributed by atoms with Gasteiger partial charge in [-0.1, -0.05) is 80.6 Å². The molecule has 2 heteroatoms. The Hall–Kier alpha value is -4.04. The molecule has 1 aliphatic carbocycles. The third-order valence-electron chi connectivity index (χ3n) is 7.22. The first-order chi connectivity index (χ1) is 16.1. The average molecular weight is 426 g/mol. The molecule has 0 spiro atoms. The van der Waals surface area contributed by atoms with Gasteiger partial charge in [0, 0.05) is 33.6 Å². The van der Waals surface area contributed by atoms with E-state index >= 15 is 0 Å². The molecule has 1 aliphatic rings. The van der Waals surface area contributed by atoms with Gasteiger partial charge in [-0.15, -0.1) is 0 Å². The Morgan fingerprint density at radius 1 is 0.667 bits per heavy atom. The van der Waals surface area contributed by atoms with Crippen molar-refractivity contribution in [1.29, 1.82) is 0 Å². The molecule has 0 atom stereocenters. The number of para-hydroxylation sites is 1. The van der Waals surface area contributed by atoms with Crippen LogP contribution in [-0.2, 0) is 5.41 Å². The van der Waals surface area contributed by atoms with Crippen LogP contribution in [0.2, 0.25) is 0 Å². The van der Waals surface area contributed by atoms with E-state index in [2.05, 4.69) is 104 Å². The minimum Gasteiger partial charge on any atom is -0.456 e. The summed E-state index contributed by atoms with van der Waals surface area (Å²) in [4.78, 5) is 0. The second-order valence-corrected chi connectivity index (χ2v) is 9.50. The summed E-state index contributed by atoms with van der Waals surface area (Å²) < 4.78 is 6.12. The van der Waals surface area contributed by atoms with Gasteiger partial charge in [-0.2, -0.15) is 0 Å². The number of furan rings is 1. The highest BCUT2D eigenvalue weighted by atomic mass is 16.3. The van der Waals surface area contributed by atoms with Crippen LogP contribution in [0.25, 0.3) is 43.8 Å². The molecule has 1 aromatic heterocycles. The van der Waals surface area contributed by atoms with Gasteiger partial charge in [-0.05, 0) is 57.3 Å². The summed E-state index contributed by atoms with van der Waals surface area (Å²) >= 11 is 0. The second-order valence-electron chi connectivity index (χ2n) is 9.50. The van der Waals surface area contributed by atoms with Crippen LogP contribution in [0, 0.1) is 0 Å². The smallest absolute Gasteiger partial charge is 0.137 e. The summed E-state index contributed by atoms with van der Waals surface area (Å²) in [6.07, 6.45) is 0. The van der Waals surface area contributed by atoms with Gasteiger partial charge in [0.25, 0.3) is 0 Å². The molecule has 0 amide bonds. The van der Waals surface area contributed by atoms with Crippen molar-refractivity contribution >= 4 is 44.1 Å². The van der Waals surface area contributed by atoms with Crippen molar-refractivity contribution in [2.24, 2.45) is 0 Å². The first-order valence-electron chi connectivity index (χ1n) is 11.5. The van der Waals surface area contributed by atoms with Crippen molar-refractivity contribution in [2.75, 3.05) is 5.32 Å². The lowest BCUT2D eigenvalue weighted by Crippen LogP contribution is -2.16. The van der Waals surface area contributed by atoms with Crippen molar-refractivity contribution in [1.82, 2.24) is 0 Å². The van der Waals surface area contributed by atoms with E-state index in [1.807, 2.05) is 12.1 Å². The molecular formula is C31H23NO. The highest BCUT2D eigenvalue weighted by molar-refractivity contribution is 6.06. The number of fused-ring (bicyclic) bond motifs is 8. The fraction of sp³-hybridized carbons (Fsp3) is 0.0968. The van der Waals surface area contributed by atoms with Crippen LogP contribution in [-0.4, -0.2) is 0 Å². The lowest BCUT2D eigenvalue weighted by molar-refractivity contribution is 0.663. The Kier molecular flexibility index (Phi) is 3.64. The van der Waals surface area contributed by atoms with Crippen molar-refractivity contribution in [2.45, 2.75) is 19.3 Å². The van der Waals surface area contributed by atoms with Gasteiger partial charge in [0.2, 0.25) is 0 Å². The molecule has 0 radical (unpaired) electrons. The van der Waals surface area contributed by atoms with Gasteiger partial charge in [0.05, 0.1) is 0 Å². The van der Waals surface area contributed by atoms with E-state index in [9.17, 15) is 0 Å². The summed E-state index contributed by atoms with van der Waals surface area (Å²) in [6.45, 7) is 4.67. The standard InChI is InChI=1S/C31H23NO/c1-31(2)25-17-14-19-8-3-4-9-21(19)29(25)24-11-7-12-26(30(24)31)32-20-15-16-23-22-10-5-6-13-27(22)33-28(23)18-20/h3-18,32H,1-2H3. The Bertz CT molecular complexity index is 1720. The molecule has 7 rings (SSSR count). The Morgan fingerprint density at radius 3 is 2.36 bits per heavy atom. The van der Waals surface area contributed by atoms with E-state index in [0.29, 0.717) is 0 Å². The molecule has 0 saturated carbocycles. The molecular weight excluding hydrogens is 402 g/mol. The predicted molar refractivity (Wildman–Crippen MR) is 139 cm³/mol. The summed E-state index contributed by atoms with van der Waals surface area (Å²) in [5.74, 6) is 0. The number of hydrogen-bond donors (Lipinski definition) is 1. The molecule has 0 fully saturated rings. The van der Waals surface area contributed by atoms with Crippen molar-refractivity contribution < 1.29 is 4.42 Å². The fourth-order valence-corrected chi connectivity index (χ4v) is 5.71. The summed E-state index contributed by atoms with van der Waals surface area (Å²) in [6, 6.07) is 34.5. The van der Waals surface area contributed by atoms with Gasteiger partial charge < -0.3 is 9.73 Å². The van der Waals surface area contributed by atoms with Gasteiger partial charge in [-0.25, -0.2) is 0 Å². The predicted octanol–water partition coefficient (Wildman–Crippen LogP) is 8.79. The van der Waals surface area contributed by atoms with Crippen LogP contribution in [0.5, 0.6) is 0 Å². The number of benzene rings is 5. The molecule has 158 valence electrons. The summed E-state index contributed by atoms with van der Waals surface area (Å²) in [5, 5.41) is 8.63. The van der Waals surface area contributed by atoms with E-state index in [4.69, 9.17) is 4.42 Å². The average Bonchev–Trinajstić information content (AvgIpc) is 3.32. The number of anilines is 2. The zero-order valence-corrected chi connectivity index (χ0v) is 18.6. The zero-order chi connectivity index (χ0) is 22.2. The highest BCUT2D eigenvalue weighted by Gasteiger charge is 2.38. The summed E-state index contributed by atoms with van der Waals surface area (Å²) in [7, 11) is 0. The molecule has 0 bridgehead atoms. The van der Waals surface area contributed by atoms with Crippen LogP contribution in [0.3, 0.4) is 0 Å². The third kappa shape index (κ3) is 2.55. The van der Waals surface area contributed by atoms with Gasteiger partial charge in [-0.3, -0.25) is 0 Å². The Balaban J connectivity index is 1.39. The van der Waals surface area contributed by atoms with E-state index in [-0.39, 0.29) is 5.41 Å². The minimum absolute atomic E-state index is 0.0955. The molecule has 0 saturated heterocycles. The van der Waals surface area contributed by atoms with Crippen LogP contribution in [0.15, 0.2) is 101 Å². The van der Waals surface area contributed by atoms with Gasteiger partial charge >= 0.3 is 0 Å². The first-order valence-corrected chi connectivity index (χ1v) is 11.5. The fourth-order valence-electron chi connectivity index (χ4n) is 5.71. The monoisotopic (exact) mass is 425 g/mol. The molecule has 0 unspecified atom stereocenters. The largest absolute Gasteiger partial charge is 0.456 e. The number of rotatable bonds is 2. The van der Waals surface area contributed by atoms with Crippen molar-refractivity contribution in [3.05, 3.63) is 108 Å². The SMILES string of the molecule is CC1(C)c2ccc3ccccc3c2-c2cccc(Nc3ccc4c(c3)oc3ccccc34)c21. The Morgan fingerprint density at radius 2 is 1.45 bits per heavy atom. The Labute approximate surface area is 192 Å². The first kappa shape index (κ1) is 18.5. The molecule has 0 aliphatic heterocycles. The lowest BCUT2D eigenvalue weighted by Gasteiger charge is -2.25. The highest BCUT2D eigenvalue weighted by Crippen LogP contribution is 2.54. The van der Waals surface area contributed by atoms with E-state index in [0.717, 1.165) is 33.3 Å². The maximum Gasteiger partial charge on any atom is 0.137 e. The van der Waals surface area contributed by atoms with Crippen molar-refractivity contribution in [3.8, 4) is 11.1 Å². The quantitative estimate of drug-likeness (QED) is 0.300. The molecule has 1 heterocycles. The number of hydrogen-bond acceptors (Lipinski definition) is 2. The molecule has 33 heavy (non-hydrogen) atoms. The maximum atomic E-state index is 6.12. The van der Waals surface area contributed by atoms with Crippen molar-refractivity contribution in [3.63, 3.8) is 0 Å². The van der Waals surface area contributed by atoms with Crippen LogP contribution in [0.1, 0.15) is 25.0 Å². The van der Waals surface area contributed by atoms with E-state index in [1.165, 1.54) is 33.0 Å². The molecule has 6 aromatic rings. The normalized spacial score (nSPS) is 14.0. The number of nitrogens with one attached hydrogen (secondary N) is 1. The summed E-state index contributed by atoms with van der Waals surface area (Å²) in [5.41, 5.74) is 9.34.